The maximum atomic E-state index is 5.49. The highest BCUT2D eigenvalue weighted by Gasteiger charge is 2.04. The van der Waals surface area contributed by atoms with Gasteiger partial charge < -0.3 is 10.6 Å². The summed E-state index contributed by atoms with van der Waals surface area (Å²) in [4.78, 5) is 6.38. The third-order valence-electron chi connectivity index (χ3n) is 1.42. The second-order valence-electron chi connectivity index (χ2n) is 2.03. The van der Waals surface area contributed by atoms with Gasteiger partial charge in [-0.1, -0.05) is 0 Å². The van der Waals surface area contributed by atoms with E-state index in [-0.39, 0.29) is 0 Å². The van der Waals surface area contributed by atoms with Gasteiger partial charge in [-0.25, -0.2) is 0 Å². The van der Waals surface area contributed by atoms with Crippen molar-refractivity contribution >= 4 is 11.6 Å². The van der Waals surface area contributed by atoms with Gasteiger partial charge in [0, 0.05) is 6.07 Å². The van der Waals surface area contributed by atoms with Crippen LogP contribution < -0.4 is 10.6 Å². The van der Waals surface area contributed by atoms with Crippen LogP contribution in [-0.2, 0) is 0 Å². The average Bonchev–Trinajstić information content (AvgIpc) is 2.54. The summed E-state index contributed by atoms with van der Waals surface area (Å²) in [6, 6.07) is 1.76. The quantitative estimate of drug-likeness (QED) is 0.580. The van der Waals surface area contributed by atoms with Crippen LogP contribution >= 0.6 is 0 Å². The summed E-state index contributed by atoms with van der Waals surface area (Å²) in [6.07, 6.45) is 1.71. The first-order valence-electron chi connectivity index (χ1n) is 3.05. The number of rotatable bonds is 1. The number of anilines is 1. The van der Waals surface area contributed by atoms with Crippen molar-refractivity contribution in [2.24, 2.45) is 0 Å². The van der Waals surface area contributed by atoms with Crippen molar-refractivity contribution in [2.75, 3.05) is 12.8 Å². The second-order valence-corrected chi connectivity index (χ2v) is 2.03. The van der Waals surface area contributed by atoms with Crippen LogP contribution in [0.25, 0.3) is 5.65 Å². The molecular formula is C5H7N5O. The number of nitrogens with two attached hydrogens (primary N) is 1. The molecule has 0 fully saturated rings. The Morgan fingerprint density at radius 3 is 3.09 bits per heavy atom. The summed E-state index contributed by atoms with van der Waals surface area (Å²) >= 11 is 0. The summed E-state index contributed by atoms with van der Waals surface area (Å²) in [5.74, 6) is 0.312. The van der Waals surface area contributed by atoms with Crippen molar-refractivity contribution in [3.8, 4) is 0 Å². The Morgan fingerprint density at radius 2 is 2.36 bits per heavy atom. The van der Waals surface area contributed by atoms with E-state index in [9.17, 15) is 0 Å². The summed E-state index contributed by atoms with van der Waals surface area (Å²) in [5, 5.41) is 7.43. The Balaban J connectivity index is 2.80. The predicted octanol–water partition coefficient (Wildman–Crippen LogP) is -0.829. The molecule has 2 aromatic rings. The van der Waals surface area contributed by atoms with Gasteiger partial charge in [0.2, 0.25) is 5.95 Å². The SMILES string of the molecule is COn1ccc2nnc(N)n21. The van der Waals surface area contributed by atoms with Crippen molar-refractivity contribution in [1.82, 2.24) is 19.6 Å². The molecule has 6 nitrogen and oxygen atoms in total. The number of hydrogen-bond acceptors (Lipinski definition) is 4. The Kier molecular flexibility index (Phi) is 1.03. The van der Waals surface area contributed by atoms with Crippen molar-refractivity contribution in [1.29, 1.82) is 0 Å². The average molecular weight is 153 g/mol. The number of nitrogens with zero attached hydrogens (tertiary/aromatic N) is 4. The molecule has 58 valence electrons. The highest BCUT2D eigenvalue weighted by Crippen LogP contribution is 2.03. The first-order valence-corrected chi connectivity index (χ1v) is 3.05. The maximum absolute atomic E-state index is 5.49. The van der Waals surface area contributed by atoms with Crippen LogP contribution in [0, 0.1) is 0 Å². The molecule has 0 saturated heterocycles. The zero-order valence-corrected chi connectivity index (χ0v) is 5.93. The van der Waals surface area contributed by atoms with E-state index in [1.807, 2.05) is 0 Å². The van der Waals surface area contributed by atoms with E-state index < -0.39 is 0 Å². The van der Waals surface area contributed by atoms with E-state index in [4.69, 9.17) is 10.6 Å². The summed E-state index contributed by atoms with van der Waals surface area (Å²) < 4.78 is 1.56. The molecule has 2 heterocycles. The Bertz CT molecular complexity index is 375. The van der Waals surface area contributed by atoms with E-state index >= 15 is 0 Å². The van der Waals surface area contributed by atoms with Crippen LogP contribution in [0.15, 0.2) is 12.3 Å². The van der Waals surface area contributed by atoms with Gasteiger partial charge in [-0.2, -0.15) is 4.52 Å². The normalized spacial score (nSPS) is 10.6. The van der Waals surface area contributed by atoms with E-state index in [0.717, 1.165) is 0 Å². The molecule has 0 aliphatic rings. The molecule has 0 amide bonds. The first-order chi connectivity index (χ1) is 5.33. The van der Waals surface area contributed by atoms with Gasteiger partial charge in [0.15, 0.2) is 5.65 Å². The summed E-state index contributed by atoms with van der Waals surface area (Å²) in [6.45, 7) is 0. The lowest BCUT2D eigenvalue weighted by Gasteiger charge is -2.00. The van der Waals surface area contributed by atoms with Gasteiger partial charge in [0.05, 0.1) is 6.20 Å². The Labute approximate surface area is 62.1 Å². The van der Waals surface area contributed by atoms with Gasteiger partial charge >= 0.3 is 0 Å². The highest BCUT2D eigenvalue weighted by molar-refractivity contribution is 5.40. The fourth-order valence-corrected chi connectivity index (χ4v) is 0.950. The zero-order chi connectivity index (χ0) is 7.84. The van der Waals surface area contributed by atoms with Crippen molar-refractivity contribution in [3.05, 3.63) is 12.3 Å². The van der Waals surface area contributed by atoms with Crippen LogP contribution in [0.1, 0.15) is 0 Å². The third kappa shape index (κ3) is 0.658. The van der Waals surface area contributed by atoms with Crippen molar-refractivity contribution < 1.29 is 4.84 Å². The molecule has 2 rings (SSSR count). The Morgan fingerprint density at radius 1 is 1.55 bits per heavy atom. The molecule has 0 aromatic carbocycles. The second kappa shape index (κ2) is 1.88. The monoisotopic (exact) mass is 153 g/mol. The fourth-order valence-electron chi connectivity index (χ4n) is 0.950. The predicted molar refractivity (Wildman–Crippen MR) is 37.9 cm³/mol. The molecule has 0 atom stereocenters. The van der Waals surface area contributed by atoms with Crippen LogP contribution in [0.3, 0.4) is 0 Å². The van der Waals surface area contributed by atoms with Crippen LogP contribution in [0.2, 0.25) is 0 Å². The van der Waals surface area contributed by atoms with Gasteiger partial charge in [0.25, 0.3) is 0 Å². The summed E-state index contributed by atoms with van der Waals surface area (Å²) in [5.41, 5.74) is 6.16. The highest BCUT2D eigenvalue weighted by atomic mass is 16.7. The lowest BCUT2D eigenvalue weighted by Crippen LogP contribution is -2.12. The van der Waals surface area contributed by atoms with Gasteiger partial charge in [-0.05, 0) is 0 Å². The van der Waals surface area contributed by atoms with Gasteiger partial charge in [-0.15, -0.1) is 15.0 Å². The first kappa shape index (κ1) is 6.02. The zero-order valence-electron chi connectivity index (χ0n) is 5.93. The third-order valence-corrected chi connectivity index (χ3v) is 1.42. The molecule has 0 unspecified atom stereocenters. The van der Waals surface area contributed by atoms with Crippen LogP contribution in [0.4, 0.5) is 5.95 Å². The van der Waals surface area contributed by atoms with Crippen LogP contribution in [-0.4, -0.2) is 26.7 Å². The molecule has 0 bridgehead atoms. The molecule has 0 spiro atoms. The van der Waals surface area contributed by atoms with Gasteiger partial charge in [-0.3, -0.25) is 0 Å². The molecule has 6 heteroatoms. The Hall–Kier alpha value is -1.72. The maximum Gasteiger partial charge on any atom is 0.244 e. The largest absolute Gasteiger partial charge is 0.401 e. The standard InChI is InChI=1S/C5H7N5O/c1-11-9-3-2-4-7-8-5(6)10(4)9/h2-3H,1H3,(H2,6,8). The summed E-state index contributed by atoms with van der Waals surface area (Å²) in [7, 11) is 1.54. The van der Waals surface area contributed by atoms with Gasteiger partial charge in [0.1, 0.15) is 7.11 Å². The molecule has 0 saturated carbocycles. The number of aromatic nitrogens is 4. The lowest BCUT2D eigenvalue weighted by molar-refractivity contribution is 0.125. The molecule has 0 radical (unpaired) electrons. The molecular weight excluding hydrogens is 146 g/mol. The van der Waals surface area contributed by atoms with Crippen molar-refractivity contribution in [2.45, 2.75) is 0 Å². The minimum atomic E-state index is 0.312. The van der Waals surface area contributed by atoms with E-state index in [1.165, 1.54) is 4.85 Å². The smallest absolute Gasteiger partial charge is 0.244 e. The van der Waals surface area contributed by atoms with Crippen molar-refractivity contribution in [3.63, 3.8) is 0 Å². The number of fused-ring (bicyclic) bond motifs is 1. The van der Waals surface area contributed by atoms with E-state index in [2.05, 4.69) is 10.2 Å². The minimum absolute atomic E-state index is 0.312. The fraction of sp³-hybridized carbons (Fsp3) is 0.200. The minimum Gasteiger partial charge on any atom is -0.401 e. The van der Waals surface area contributed by atoms with E-state index in [1.54, 1.807) is 23.9 Å². The van der Waals surface area contributed by atoms with E-state index in [0.29, 0.717) is 11.6 Å². The van der Waals surface area contributed by atoms with Crippen LogP contribution in [0.5, 0.6) is 0 Å². The molecule has 0 aliphatic heterocycles. The number of hydrogen-bond donors (Lipinski definition) is 1. The lowest BCUT2D eigenvalue weighted by atomic mass is 10.7. The molecule has 2 aromatic heterocycles. The molecule has 0 aliphatic carbocycles. The molecule has 2 N–H and O–H groups in total. The molecule has 11 heavy (non-hydrogen) atoms. The number of nitrogen functional groups attached to an aromatic ring is 1. The topological polar surface area (TPSA) is 70.4 Å².